The zero-order valence-corrected chi connectivity index (χ0v) is 21.0. The van der Waals surface area contributed by atoms with Crippen LogP contribution >= 0.6 is 0 Å². The lowest BCUT2D eigenvalue weighted by molar-refractivity contribution is 0.0572. The third kappa shape index (κ3) is 3.69. The van der Waals surface area contributed by atoms with Gasteiger partial charge in [0, 0.05) is 44.2 Å². The van der Waals surface area contributed by atoms with E-state index in [1.165, 1.54) is 0 Å². The standard InChI is InChI=1S/C28H8F10N2O4/c29-15-11(16(30)20(34)23(37)19(15)33)5-39-25(41)7-1-2-8-14-10(4-3-9(13(7)14)27(39)43)28(44)40(26(8)42)6-12-17(31)21(35)24(38)22(36)18(12)32/h1-4H,5-6H2. The van der Waals surface area contributed by atoms with Crippen LogP contribution in [0.1, 0.15) is 52.6 Å². The molecule has 2 aliphatic rings. The molecule has 2 heterocycles. The third-order valence-corrected chi connectivity index (χ3v) is 7.30. The van der Waals surface area contributed by atoms with Gasteiger partial charge in [-0.1, -0.05) is 0 Å². The Morgan fingerprint density at radius 1 is 0.364 bits per heavy atom. The minimum Gasteiger partial charge on any atom is -0.270 e. The van der Waals surface area contributed by atoms with Gasteiger partial charge in [-0.25, -0.2) is 43.9 Å². The van der Waals surface area contributed by atoms with Gasteiger partial charge in [0.2, 0.25) is 11.6 Å². The highest BCUT2D eigenvalue weighted by Gasteiger charge is 2.41. The highest BCUT2D eigenvalue weighted by molar-refractivity contribution is 6.33. The van der Waals surface area contributed by atoms with E-state index in [0.717, 1.165) is 24.3 Å². The Hall–Kier alpha value is -5.28. The number of amides is 4. The Bertz CT molecular complexity index is 1810. The first-order chi connectivity index (χ1) is 20.7. The van der Waals surface area contributed by atoms with Crippen LogP contribution in [0, 0.1) is 58.2 Å². The fourth-order valence-corrected chi connectivity index (χ4v) is 5.16. The minimum absolute atomic E-state index is 0.180. The molecular weight excluding hydrogens is 618 g/mol. The Kier molecular flexibility index (Phi) is 6.30. The summed E-state index contributed by atoms with van der Waals surface area (Å²) in [5.41, 5.74) is -4.72. The molecule has 0 saturated heterocycles. The summed E-state index contributed by atoms with van der Waals surface area (Å²) < 4.78 is 139. The van der Waals surface area contributed by atoms with Crippen molar-refractivity contribution in [1.82, 2.24) is 9.80 Å². The number of rotatable bonds is 4. The van der Waals surface area contributed by atoms with Crippen LogP contribution in [0.2, 0.25) is 0 Å². The molecule has 6 rings (SSSR count). The Balaban J connectivity index is 1.44. The average Bonchev–Trinajstić information content (AvgIpc) is 3.01. The van der Waals surface area contributed by atoms with E-state index in [0.29, 0.717) is 0 Å². The quantitative estimate of drug-likeness (QED) is 0.124. The Labute approximate surface area is 236 Å². The molecule has 0 saturated carbocycles. The second-order valence-corrected chi connectivity index (χ2v) is 9.56. The molecule has 0 fully saturated rings. The van der Waals surface area contributed by atoms with Crippen molar-refractivity contribution in [2.75, 3.05) is 0 Å². The average molecular weight is 626 g/mol. The first kappa shape index (κ1) is 28.8. The summed E-state index contributed by atoms with van der Waals surface area (Å²) in [6.07, 6.45) is 0. The van der Waals surface area contributed by atoms with Gasteiger partial charge >= 0.3 is 0 Å². The number of nitrogens with zero attached hydrogens (tertiary/aromatic N) is 2. The summed E-state index contributed by atoms with van der Waals surface area (Å²) >= 11 is 0. The van der Waals surface area contributed by atoms with E-state index in [1.807, 2.05) is 0 Å². The van der Waals surface area contributed by atoms with Crippen molar-refractivity contribution >= 4 is 34.4 Å². The lowest BCUT2D eigenvalue weighted by Gasteiger charge is -2.32. The number of hydrogen-bond donors (Lipinski definition) is 0. The molecule has 0 radical (unpaired) electrons. The van der Waals surface area contributed by atoms with Gasteiger partial charge in [-0.2, -0.15) is 0 Å². The van der Waals surface area contributed by atoms with Gasteiger partial charge in [0.1, 0.15) is 0 Å². The number of imide groups is 2. The van der Waals surface area contributed by atoms with Crippen molar-refractivity contribution in [2.24, 2.45) is 0 Å². The van der Waals surface area contributed by atoms with E-state index < -0.39 is 128 Å². The largest absolute Gasteiger partial charge is 0.270 e. The number of carbonyl (C=O) groups excluding carboxylic acids is 4. The van der Waals surface area contributed by atoms with Crippen LogP contribution in [0.4, 0.5) is 43.9 Å². The van der Waals surface area contributed by atoms with Crippen molar-refractivity contribution in [2.45, 2.75) is 13.1 Å². The molecule has 0 atom stereocenters. The zero-order chi connectivity index (χ0) is 32.1. The molecule has 16 heteroatoms. The van der Waals surface area contributed by atoms with Gasteiger partial charge in [-0.15, -0.1) is 0 Å². The topological polar surface area (TPSA) is 74.8 Å². The van der Waals surface area contributed by atoms with Gasteiger partial charge in [-0.05, 0) is 24.3 Å². The van der Waals surface area contributed by atoms with E-state index in [9.17, 15) is 63.1 Å². The fourth-order valence-electron chi connectivity index (χ4n) is 5.16. The lowest BCUT2D eigenvalue weighted by atomic mass is 9.85. The van der Waals surface area contributed by atoms with Gasteiger partial charge in [0.25, 0.3) is 23.6 Å². The number of hydrogen-bond acceptors (Lipinski definition) is 4. The normalized spacial score (nSPS) is 14.4. The number of benzene rings is 4. The highest BCUT2D eigenvalue weighted by atomic mass is 19.2. The molecule has 4 aromatic rings. The molecular formula is C28H8F10N2O4. The van der Waals surface area contributed by atoms with Crippen LogP contribution in [-0.2, 0) is 13.1 Å². The molecule has 0 unspecified atom stereocenters. The molecule has 4 aromatic carbocycles. The van der Waals surface area contributed by atoms with E-state index in [-0.39, 0.29) is 20.6 Å². The summed E-state index contributed by atoms with van der Waals surface area (Å²) in [6.45, 7) is -2.80. The van der Waals surface area contributed by atoms with Gasteiger partial charge in [-0.3, -0.25) is 29.0 Å². The highest BCUT2D eigenvalue weighted by Crippen LogP contribution is 2.39. The fraction of sp³-hybridized carbons (Fsp3) is 0.0714. The molecule has 0 aliphatic carbocycles. The van der Waals surface area contributed by atoms with Crippen molar-refractivity contribution in [3.63, 3.8) is 0 Å². The first-order valence-corrected chi connectivity index (χ1v) is 12.0. The van der Waals surface area contributed by atoms with Crippen LogP contribution in [0.3, 0.4) is 0 Å². The number of carbonyl (C=O) groups is 4. The third-order valence-electron chi connectivity index (χ3n) is 7.30. The van der Waals surface area contributed by atoms with Gasteiger partial charge in [0.05, 0.1) is 13.1 Å². The second-order valence-electron chi connectivity index (χ2n) is 9.56. The minimum atomic E-state index is -2.46. The number of halogens is 10. The lowest BCUT2D eigenvalue weighted by Crippen LogP contribution is -2.43. The summed E-state index contributed by atoms with van der Waals surface area (Å²) in [4.78, 5) is 53.5. The summed E-state index contributed by atoms with van der Waals surface area (Å²) in [7, 11) is 0. The molecule has 0 spiro atoms. The van der Waals surface area contributed by atoms with Gasteiger partial charge < -0.3 is 0 Å². The van der Waals surface area contributed by atoms with E-state index in [4.69, 9.17) is 0 Å². The molecule has 44 heavy (non-hydrogen) atoms. The van der Waals surface area contributed by atoms with Crippen molar-refractivity contribution in [1.29, 1.82) is 0 Å². The molecule has 6 nitrogen and oxygen atoms in total. The zero-order valence-electron chi connectivity index (χ0n) is 21.0. The molecule has 0 bridgehead atoms. The van der Waals surface area contributed by atoms with E-state index >= 15 is 0 Å². The summed E-state index contributed by atoms with van der Waals surface area (Å²) in [5, 5.41) is -0.637. The maximum absolute atomic E-state index is 14.3. The van der Waals surface area contributed by atoms with Crippen LogP contribution in [0.15, 0.2) is 24.3 Å². The van der Waals surface area contributed by atoms with Crippen molar-refractivity contribution in [3.05, 3.63) is 116 Å². The Morgan fingerprint density at radius 3 is 0.795 bits per heavy atom. The van der Waals surface area contributed by atoms with E-state index in [1.54, 1.807) is 0 Å². The Morgan fingerprint density at radius 2 is 0.568 bits per heavy atom. The van der Waals surface area contributed by atoms with Gasteiger partial charge in [0.15, 0.2) is 46.5 Å². The monoisotopic (exact) mass is 626 g/mol. The van der Waals surface area contributed by atoms with Crippen LogP contribution in [0.5, 0.6) is 0 Å². The predicted molar refractivity (Wildman–Crippen MR) is 125 cm³/mol. The first-order valence-electron chi connectivity index (χ1n) is 12.0. The predicted octanol–water partition coefficient (Wildman–Crippen LogP) is 5.82. The maximum Gasteiger partial charge on any atom is 0.261 e. The van der Waals surface area contributed by atoms with Crippen molar-refractivity contribution < 1.29 is 63.1 Å². The molecule has 0 aromatic heterocycles. The van der Waals surface area contributed by atoms with Crippen LogP contribution in [-0.4, -0.2) is 33.4 Å². The molecule has 224 valence electrons. The second kappa shape index (κ2) is 9.62. The molecule has 4 amide bonds. The van der Waals surface area contributed by atoms with E-state index in [2.05, 4.69) is 0 Å². The smallest absolute Gasteiger partial charge is 0.261 e. The maximum atomic E-state index is 14.3. The van der Waals surface area contributed by atoms with Crippen molar-refractivity contribution in [3.8, 4) is 0 Å². The molecule has 2 aliphatic heterocycles. The SMILES string of the molecule is O=C1c2ccc3c4c(ccc(c24)C(=O)N1Cc1c(F)c(F)c(F)c(F)c1F)C(=O)N(Cc1c(F)c(F)c(F)c(F)c1F)C3=O. The molecule has 0 N–H and O–H groups in total. The van der Waals surface area contributed by atoms with Crippen LogP contribution in [0.25, 0.3) is 10.8 Å². The van der Waals surface area contributed by atoms with Crippen LogP contribution < -0.4 is 0 Å². The summed E-state index contributed by atoms with van der Waals surface area (Å²) in [6, 6.07) is 3.70. The summed E-state index contributed by atoms with van der Waals surface area (Å²) in [5.74, 6) is -28.6.